The second-order valence-electron chi connectivity index (χ2n) is 7.61. The molecule has 3 rings (SSSR count). The van der Waals surface area contributed by atoms with Crippen LogP contribution in [-0.4, -0.2) is 21.6 Å². The third-order valence-corrected chi connectivity index (χ3v) is 6.44. The molecule has 2 N–H and O–H groups in total. The van der Waals surface area contributed by atoms with E-state index in [1.807, 2.05) is 18.5 Å². The van der Waals surface area contributed by atoms with E-state index in [9.17, 15) is 14.0 Å². The molecule has 3 aromatic rings. The second-order valence-corrected chi connectivity index (χ2v) is 9.04. The van der Waals surface area contributed by atoms with Crippen LogP contribution in [0.4, 0.5) is 4.39 Å². The van der Waals surface area contributed by atoms with Crippen molar-refractivity contribution in [2.24, 2.45) is 5.92 Å². The number of rotatable bonds is 6. The smallest absolute Gasteiger partial charge is 0.273 e. The maximum Gasteiger partial charge on any atom is 0.281 e. The number of nitrogens with one attached hydrogen (secondary N) is 2. The molecule has 2 aromatic heterocycles. The van der Waals surface area contributed by atoms with Crippen molar-refractivity contribution in [2.75, 3.05) is 0 Å². The summed E-state index contributed by atoms with van der Waals surface area (Å²) in [6.45, 7) is 9.03. The molecule has 2 amide bonds. The van der Waals surface area contributed by atoms with Crippen LogP contribution in [0.25, 0.3) is 10.1 Å². The van der Waals surface area contributed by atoms with Gasteiger partial charge < -0.3 is 0 Å². The van der Waals surface area contributed by atoms with Crippen LogP contribution in [0.5, 0.6) is 0 Å². The number of hydrogen-bond acceptors (Lipinski definition) is 4. The van der Waals surface area contributed by atoms with Crippen molar-refractivity contribution < 1.29 is 14.0 Å². The monoisotopic (exact) mass is 450 g/mol. The summed E-state index contributed by atoms with van der Waals surface area (Å²) in [5.41, 5.74) is 7.82. The molecule has 30 heavy (non-hydrogen) atoms. The summed E-state index contributed by atoms with van der Waals surface area (Å²) < 4.78 is 15.9. The molecule has 6 nitrogen and oxygen atoms in total. The maximum atomic E-state index is 13.4. The largest absolute Gasteiger partial charge is 0.281 e. The zero-order valence-corrected chi connectivity index (χ0v) is 18.9. The molecule has 160 valence electrons. The number of halogens is 2. The van der Waals surface area contributed by atoms with E-state index < -0.39 is 11.7 Å². The molecule has 0 unspecified atom stereocenters. The van der Waals surface area contributed by atoms with E-state index in [1.165, 1.54) is 18.2 Å². The number of fused-ring (bicyclic) bond motifs is 1. The number of carbonyl (C=O) groups is 2. The highest BCUT2D eigenvalue weighted by atomic mass is 35.5. The zero-order chi connectivity index (χ0) is 22.0. The highest BCUT2D eigenvalue weighted by Crippen LogP contribution is 2.35. The van der Waals surface area contributed by atoms with Gasteiger partial charge in [0.2, 0.25) is 5.91 Å². The lowest BCUT2D eigenvalue weighted by molar-refractivity contribution is -0.121. The van der Waals surface area contributed by atoms with Crippen LogP contribution in [0.2, 0.25) is 5.02 Å². The molecule has 2 heterocycles. The van der Waals surface area contributed by atoms with Crippen molar-refractivity contribution in [2.45, 2.75) is 47.1 Å². The SMILES string of the molecule is Cc1nn(CC(C)C)c(C)c1CCC(=O)NNC(=O)c1sc2cc(F)ccc2c1Cl. The number of amides is 2. The van der Waals surface area contributed by atoms with Gasteiger partial charge in [-0.25, -0.2) is 4.39 Å². The number of aromatic nitrogens is 2. The Morgan fingerprint density at radius 3 is 2.70 bits per heavy atom. The molecule has 0 aliphatic rings. The van der Waals surface area contributed by atoms with Crippen molar-refractivity contribution in [3.63, 3.8) is 0 Å². The van der Waals surface area contributed by atoms with E-state index >= 15 is 0 Å². The van der Waals surface area contributed by atoms with Crippen molar-refractivity contribution in [3.05, 3.63) is 50.9 Å². The molecule has 0 aliphatic heterocycles. The zero-order valence-electron chi connectivity index (χ0n) is 17.3. The number of benzene rings is 1. The topological polar surface area (TPSA) is 76.0 Å². The average molecular weight is 451 g/mol. The van der Waals surface area contributed by atoms with Gasteiger partial charge in [-0.15, -0.1) is 11.3 Å². The standard InChI is InChI=1S/C21H24ClFN4O2S/c1-11(2)10-27-13(4)15(12(3)26-27)7-8-18(28)24-25-21(29)20-19(22)16-6-5-14(23)9-17(16)30-20/h5-6,9,11H,7-8,10H2,1-4H3,(H,24,28)(H,25,29). The molecule has 0 saturated heterocycles. The molecule has 0 fully saturated rings. The fourth-order valence-electron chi connectivity index (χ4n) is 3.29. The van der Waals surface area contributed by atoms with Gasteiger partial charge in [0, 0.05) is 28.7 Å². The number of carbonyl (C=O) groups excluding carboxylic acids is 2. The Hall–Kier alpha value is -2.45. The number of nitrogens with zero attached hydrogens (tertiary/aromatic N) is 2. The number of hydrogen-bond donors (Lipinski definition) is 2. The van der Waals surface area contributed by atoms with E-state index in [0.29, 0.717) is 22.4 Å². The van der Waals surface area contributed by atoms with Gasteiger partial charge in [0.25, 0.3) is 5.91 Å². The molecular weight excluding hydrogens is 427 g/mol. The van der Waals surface area contributed by atoms with Crippen molar-refractivity contribution in [3.8, 4) is 0 Å². The van der Waals surface area contributed by atoms with Gasteiger partial charge in [0.1, 0.15) is 10.7 Å². The highest BCUT2D eigenvalue weighted by molar-refractivity contribution is 7.21. The first kappa shape index (κ1) is 22.2. The van der Waals surface area contributed by atoms with E-state index in [-0.39, 0.29) is 22.2 Å². The minimum atomic E-state index is -0.535. The van der Waals surface area contributed by atoms with Crippen molar-refractivity contribution >= 4 is 44.8 Å². The first-order valence-electron chi connectivity index (χ1n) is 9.67. The molecule has 9 heteroatoms. The lowest BCUT2D eigenvalue weighted by Crippen LogP contribution is -2.41. The highest BCUT2D eigenvalue weighted by Gasteiger charge is 2.19. The summed E-state index contributed by atoms with van der Waals surface area (Å²) in [7, 11) is 0. The van der Waals surface area contributed by atoms with E-state index in [2.05, 4.69) is 29.8 Å². The van der Waals surface area contributed by atoms with E-state index in [1.54, 1.807) is 0 Å². The molecule has 1 aromatic carbocycles. The second kappa shape index (κ2) is 9.14. The van der Waals surface area contributed by atoms with E-state index in [0.717, 1.165) is 34.8 Å². The van der Waals surface area contributed by atoms with Gasteiger partial charge in [-0.1, -0.05) is 25.4 Å². The minimum absolute atomic E-state index is 0.209. The summed E-state index contributed by atoms with van der Waals surface area (Å²) in [5.74, 6) is -0.774. The van der Waals surface area contributed by atoms with Gasteiger partial charge >= 0.3 is 0 Å². The summed E-state index contributed by atoms with van der Waals surface area (Å²) in [6, 6.07) is 4.14. The van der Waals surface area contributed by atoms with Crippen molar-refractivity contribution in [1.82, 2.24) is 20.6 Å². The van der Waals surface area contributed by atoms with Gasteiger partial charge in [-0.3, -0.25) is 25.1 Å². The molecule has 0 bridgehead atoms. The minimum Gasteiger partial charge on any atom is -0.273 e. The fourth-order valence-corrected chi connectivity index (χ4v) is 4.73. The summed E-state index contributed by atoms with van der Waals surface area (Å²) in [4.78, 5) is 24.9. The van der Waals surface area contributed by atoms with Crippen LogP contribution in [0.3, 0.4) is 0 Å². The van der Waals surface area contributed by atoms with Crippen LogP contribution < -0.4 is 10.9 Å². The molecule has 0 radical (unpaired) electrons. The fraction of sp³-hybridized carbons (Fsp3) is 0.381. The Morgan fingerprint density at radius 1 is 1.27 bits per heavy atom. The van der Waals surface area contributed by atoms with E-state index in [4.69, 9.17) is 11.6 Å². The van der Waals surface area contributed by atoms with Crippen LogP contribution in [-0.2, 0) is 17.8 Å². The van der Waals surface area contributed by atoms with Gasteiger partial charge in [-0.05, 0) is 49.9 Å². The van der Waals surface area contributed by atoms with Gasteiger partial charge in [-0.2, -0.15) is 5.10 Å². The predicted octanol–water partition coefficient (Wildman–Crippen LogP) is 4.56. The van der Waals surface area contributed by atoms with Crippen LogP contribution in [0.1, 0.15) is 46.9 Å². The van der Waals surface area contributed by atoms with Gasteiger partial charge in [0.05, 0.1) is 10.7 Å². The first-order chi connectivity index (χ1) is 14.2. The summed E-state index contributed by atoms with van der Waals surface area (Å²) in [6.07, 6.45) is 0.737. The first-order valence-corrected chi connectivity index (χ1v) is 10.9. The molecular formula is C21H24ClFN4O2S. The Balaban J connectivity index is 1.58. The Labute approximate surface area is 183 Å². The third-order valence-electron chi connectivity index (χ3n) is 4.78. The van der Waals surface area contributed by atoms with Gasteiger partial charge in [0.15, 0.2) is 0 Å². The number of thiophene rings is 1. The van der Waals surface area contributed by atoms with Crippen molar-refractivity contribution in [1.29, 1.82) is 0 Å². The average Bonchev–Trinajstić information content (AvgIpc) is 3.13. The normalized spacial score (nSPS) is 11.3. The number of hydrazine groups is 1. The Bertz CT molecular complexity index is 1110. The molecule has 0 spiro atoms. The third kappa shape index (κ3) is 4.82. The molecule has 0 saturated carbocycles. The van der Waals surface area contributed by atoms with Crippen LogP contribution in [0, 0.1) is 25.6 Å². The quantitative estimate of drug-likeness (QED) is 0.540. The Morgan fingerprint density at radius 2 is 2.00 bits per heavy atom. The number of aryl methyl sites for hydroxylation is 1. The lowest BCUT2D eigenvalue weighted by Gasteiger charge is -2.09. The maximum absolute atomic E-state index is 13.4. The predicted molar refractivity (Wildman–Crippen MR) is 117 cm³/mol. The van der Waals surface area contributed by atoms with Crippen LogP contribution >= 0.6 is 22.9 Å². The molecule has 0 atom stereocenters. The summed E-state index contributed by atoms with van der Waals surface area (Å²) in [5, 5.41) is 5.40. The summed E-state index contributed by atoms with van der Waals surface area (Å²) >= 11 is 7.31. The molecule has 0 aliphatic carbocycles. The Kier molecular flexibility index (Phi) is 6.77. The van der Waals surface area contributed by atoms with Crippen LogP contribution in [0.15, 0.2) is 18.2 Å². The lowest BCUT2D eigenvalue weighted by atomic mass is 10.1.